The van der Waals surface area contributed by atoms with Crippen LogP contribution in [0.3, 0.4) is 0 Å². The molecule has 0 heterocycles. The predicted molar refractivity (Wildman–Crippen MR) is 82.6 cm³/mol. The summed E-state index contributed by atoms with van der Waals surface area (Å²) >= 11 is 0. The second kappa shape index (κ2) is 10.1. The van der Waals surface area contributed by atoms with Crippen LogP contribution in [0.2, 0.25) is 0 Å². The normalized spacial score (nSPS) is 14.6. The van der Waals surface area contributed by atoms with E-state index in [1.807, 2.05) is 0 Å². The molecule has 0 aromatic carbocycles. The van der Waals surface area contributed by atoms with Crippen LogP contribution in [0, 0.1) is 11.8 Å². The molecule has 114 valence electrons. The van der Waals surface area contributed by atoms with Gasteiger partial charge in [-0.25, -0.2) is 0 Å². The summed E-state index contributed by atoms with van der Waals surface area (Å²) in [6.07, 6.45) is 4.09. The van der Waals surface area contributed by atoms with Gasteiger partial charge in [0.2, 0.25) is 0 Å². The molecule has 0 rings (SSSR count). The van der Waals surface area contributed by atoms with Crippen molar-refractivity contribution < 1.29 is 5.21 Å². The van der Waals surface area contributed by atoms with Gasteiger partial charge in [-0.1, -0.05) is 39.8 Å². The fraction of sp³-hybridized carbons (Fsp3) is 0.933. The maximum Gasteiger partial charge on any atom is 0.140 e. The van der Waals surface area contributed by atoms with Crippen molar-refractivity contribution in [3.8, 4) is 0 Å². The highest BCUT2D eigenvalue weighted by molar-refractivity contribution is 5.80. The molecule has 0 aliphatic carbocycles. The number of rotatable bonds is 10. The highest BCUT2D eigenvalue weighted by Crippen LogP contribution is 2.14. The molecule has 4 heteroatoms. The van der Waals surface area contributed by atoms with Gasteiger partial charge in [-0.05, 0) is 44.2 Å². The molecule has 3 N–H and O–H groups in total. The highest BCUT2D eigenvalue weighted by atomic mass is 16.4. The van der Waals surface area contributed by atoms with Crippen LogP contribution in [0.5, 0.6) is 0 Å². The first-order valence-corrected chi connectivity index (χ1v) is 7.61. The highest BCUT2D eigenvalue weighted by Gasteiger charge is 2.18. The fourth-order valence-electron chi connectivity index (χ4n) is 2.14. The molecule has 19 heavy (non-hydrogen) atoms. The smallest absolute Gasteiger partial charge is 0.140 e. The van der Waals surface area contributed by atoms with Gasteiger partial charge < -0.3 is 10.9 Å². The minimum atomic E-state index is 0.339. The summed E-state index contributed by atoms with van der Waals surface area (Å²) in [5.74, 6) is 1.76. The lowest BCUT2D eigenvalue weighted by atomic mass is 10.0. The summed E-state index contributed by atoms with van der Waals surface area (Å²) in [5.41, 5.74) is 5.67. The van der Waals surface area contributed by atoms with E-state index in [0.717, 1.165) is 19.5 Å². The summed E-state index contributed by atoms with van der Waals surface area (Å²) < 4.78 is 0. The van der Waals surface area contributed by atoms with Crippen LogP contribution < -0.4 is 5.73 Å². The van der Waals surface area contributed by atoms with Crippen LogP contribution in [0.1, 0.15) is 60.3 Å². The predicted octanol–water partition coefficient (Wildman–Crippen LogP) is 3.30. The number of hydrogen-bond donors (Lipinski definition) is 2. The molecular formula is C15H33N3O. The Bertz CT molecular complexity index is 240. The SMILES string of the molecule is CCC(CC(N)=NO)N(CCC(C)C)CCC(C)C. The molecule has 0 amide bonds. The van der Waals surface area contributed by atoms with Gasteiger partial charge in [0.15, 0.2) is 0 Å². The van der Waals surface area contributed by atoms with Gasteiger partial charge in [-0.2, -0.15) is 0 Å². The van der Waals surface area contributed by atoms with Crippen LogP contribution in [-0.4, -0.2) is 35.1 Å². The van der Waals surface area contributed by atoms with E-state index < -0.39 is 0 Å². The Labute approximate surface area is 119 Å². The van der Waals surface area contributed by atoms with Crippen molar-refractivity contribution in [3.63, 3.8) is 0 Å². The minimum Gasteiger partial charge on any atom is -0.409 e. The number of nitrogens with two attached hydrogens (primary N) is 1. The van der Waals surface area contributed by atoms with Gasteiger partial charge in [-0.3, -0.25) is 4.90 Å². The number of amidine groups is 1. The van der Waals surface area contributed by atoms with Crippen LogP contribution >= 0.6 is 0 Å². The molecule has 4 nitrogen and oxygen atoms in total. The molecule has 0 radical (unpaired) electrons. The van der Waals surface area contributed by atoms with Crippen LogP contribution in [0.15, 0.2) is 5.16 Å². The molecule has 0 aliphatic rings. The number of hydrogen-bond acceptors (Lipinski definition) is 3. The first-order chi connectivity index (χ1) is 8.90. The quantitative estimate of drug-likeness (QED) is 0.277. The zero-order chi connectivity index (χ0) is 14.8. The van der Waals surface area contributed by atoms with Gasteiger partial charge in [0, 0.05) is 12.5 Å². The molecule has 0 bridgehead atoms. The van der Waals surface area contributed by atoms with E-state index in [2.05, 4.69) is 44.7 Å². The lowest BCUT2D eigenvalue weighted by molar-refractivity contribution is 0.174. The first kappa shape index (κ1) is 18.2. The summed E-state index contributed by atoms with van der Waals surface area (Å²) in [4.78, 5) is 2.51. The van der Waals surface area contributed by atoms with Crippen molar-refractivity contribution in [2.24, 2.45) is 22.7 Å². The van der Waals surface area contributed by atoms with E-state index in [9.17, 15) is 0 Å². The third-order valence-electron chi connectivity index (χ3n) is 3.55. The lowest BCUT2D eigenvalue weighted by Crippen LogP contribution is -2.40. The molecule has 0 spiro atoms. The minimum absolute atomic E-state index is 0.339. The molecular weight excluding hydrogens is 238 g/mol. The van der Waals surface area contributed by atoms with Crippen molar-refractivity contribution in [1.82, 2.24) is 4.90 Å². The van der Waals surface area contributed by atoms with Crippen molar-refractivity contribution in [1.29, 1.82) is 0 Å². The van der Waals surface area contributed by atoms with Gasteiger partial charge in [0.1, 0.15) is 5.84 Å². The van der Waals surface area contributed by atoms with Crippen molar-refractivity contribution >= 4 is 5.84 Å². The van der Waals surface area contributed by atoms with E-state index >= 15 is 0 Å². The summed E-state index contributed by atoms with van der Waals surface area (Å²) in [5, 5.41) is 11.9. The Morgan fingerprint density at radius 3 is 1.89 bits per heavy atom. The lowest BCUT2D eigenvalue weighted by Gasteiger charge is -2.32. The number of oxime groups is 1. The van der Waals surface area contributed by atoms with Crippen molar-refractivity contribution in [2.75, 3.05) is 13.1 Å². The Hall–Kier alpha value is -0.770. The van der Waals surface area contributed by atoms with Crippen molar-refractivity contribution in [2.45, 2.75) is 66.3 Å². The zero-order valence-electron chi connectivity index (χ0n) is 13.4. The first-order valence-electron chi connectivity index (χ1n) is 7.61. The zero-order valence-corrected chi connectivity index (χ0v) is 13.4. The summed E-state index contributed by atoms with van der Waals surface area (Å²) in [7, 11) is 0. The van der Waals surface area contributed by atoms with Gasteiger partial charge >= 0.3 is 0 Å². The Balaban J connectivity index is 4.55. The number of nitrogens with zero attached hydrogens (tertiary/aromatic N) is 2. The van der Waals surface area contributed by atoms with Crippen LogP contribution in [-0.2, 0) is 0 Å². The molecule has 0 aromatic heterocycles. The van der Waals surface area contributed by atoms with Crippen LogP contribution in [0.25, 0.3) is 0 Å². The van der Waals surface area contributed by atoms with Gasteiger partial charge in [0.25, 0.3) is 0 Å². The average Bonchev–Trinajstić information content (AvgIpc) is 2.35. The molecule has 0 aromatic rings. The topological polar surface area (TPSA) is 61.9 Å². The average molecular weight is 271 g/mol. The fourth-order valence-corrected chi connectivity index (χ4v) is 2.14. The second-order valence-corrected chi connectivity index (χ2v) is 6.26. The maximum atomic E-state index is 8.74. The second-order valence-electron chi connectivity index (χ2n) is 6.26. The molecule has 0 saturated heterocycles. The molecule has 0 saturated carbocycles. The van der Waals surface area contributed by atoms with E-state index in [-0.39, 0.29) is 0 Å². The molecule has 1 atom stereocenters. The Morgan fingerprint density at radius 2 is 1.58 bits per heavy atom. The van der Waals surface area contributed by atoms with Gasteiger partial charge in [0.05, 0.1) is 0 Å². The summed E-state index contributed by atoms with van der Waals surface area (Å²) in [6, 6.07) is 0.383. The van der Waals surface area contributed by atoms with E-state index in [1.165, 1.54) is 12.8 Å². The third-order valence-corrected chi connectivity index (χ3v) is 3.55. The monoisotopic (exact) mass is 271 g/mol. The largest absolute Gasteiger partial charge is 0.409 e. The van der Waals surface area contributed by atoms with Gasteiger partial charge in [-0.15, -0.1) is 0 Å². The van der Waals surface area contributed by atoms with Crippen molar-refractivity contribution in [3.05, 3.63) is 0 Å². The Kier molecular flexibility index (Phi) is 9.66. The van der Waals surface area contributed by atoms with E-state index in [4.69, 9.17) is 10.9 Å². The maximum absolute atomic E-state index is 8.74. The summed E-state index contributed by atoms with van der Waals surface area (Å²) in [6.45, 7) is 13.4. The van der Waals surface area contributed by atoms with E-state index in [0.29, 0.717) is 30.1 Å². The molecule has 1 unspecified atom stereocenters. The third kappa shape index (κ3) is 8.87. The van der Waals surface area contributed by atoms with Crippen LogP contribution in [0.4, 0.5) is 0 Å². The van der Waals surface area contributed by atoms with E-state index in [1.54, 1.807) is 0 Å². The Morgan fingerprint density at radius 1 is 1.11 bits per heavy atom. The standard InChI is InChI=1S/C15H33N3O/c1-6-14(11-15(16)17-19)18(9-7-12(2)3)10-8-13(4)5/h12-14,19H,6-11H2,1-5H3,(H2,16,17). The molecule has 0 aliphatic heterocycles. The molecule has 0 fully saturated rings.